The van der Waals surface area contributed by atoms with Crippen LogP contribution in [0, 0.1) is 0 Å². The van der Waals surface area contributed by atoms with Gasteiger partial charge in [-0.15, -0.1) is 0 Å². The van der Waals surface area contributed by atoms with Gasteiger partial charge in [-0.3, -0.25) is 4.79 Å². The van der Waals surface area contributed by atoms with Crippen LogP contribution in [0.2, 0.25) is 0 Å². The van der Waals surface area contributed by atoms with E-state index in [1.807, 2.05) is 0 Å². The van der Waals surface area contributed by atoms with Crippen molar-refractivity contribution < 1.29 is 9.53 Å². The molecule has 4 N–H and O–H groups in total. The molecule has 1 aromatic carbocycles. The summed E-state index contributed by atoms with van der Waals surface area (Å²) in [6.45, 7) is 0. The van der Waals surface area contributed by atoms with Crippen LogP contribution in [0.5, 0.6) is 11.5 Å². The number of pyridine rings is 1. The Morgan fingerprint density at radius 1 is 1.16 bits per heavy atom. The number of carbonyl (C=O) groups excluding carboxylic acids is 1. The molecule has 0 aliphatic rings. The second kappa shape index (κ2) is 5.45. The van der Waals surface area contributed by atoms with Crippen molar-refractivity contribution in [3.8, 4) is 11.5 Å². The van der Waals surface area contributed by atoms with Gasteiger partial charge in [-0.25, -0.2) is 4.98 Å². The molecule has 19 heavy (non-hydrogen) atoms. The maximum absolute atomic E-state index is 11.2. The van der Waals surface area contributed by atoms with E-state index in [1.165, 1.54) is 6.20 Å². The van der Waals surface area contributed by atoms with Gasteiger partial charge in [0.05, 0.1) is 17.5 Å². The Hall–Kier alpha value is -2.47. The Morgan fingerprint density at radius 2 is 1.89 bits per heavy atom. The SMILES string of the molecule is NC(=O)c1ccccc1Oc1ccc(C(N)=S)nc1. The van der Waals surface area contributed by atoms with E-state index in [0.717, 1.165) is 0 Å². The van der Waals surface area contributed by atoms with E-state index in [9.17, 15) is 4.79 Å². The number of carbonyl (C=O) groups is 1. The largest absolute Gasteiger partial charge is 0.455 e. The van der Waals surface area contributed by atoms with Crippen LogP contribution in [-0.4, -0.2) is 15.9 Å². The van der Waals surface area contributed by atoms with Gasteiger partial charge in [0.2, 0.25) is 0 Å². The van der Waals surface area contributed by atoms with E-state index in [1.54, 1.807) is 36.4 Å². The zero-order valence-electron chi connectivity index (χ0n) is 9.87. The number of thiocarbonyl (C=S) groups is 1. The van der Waals surface area contributed by atoms with Crippen molar-refractivity contribution in [2.24, 2.45) is 11.5 Å². The minimum atomic E-state index is -0.552. The molecule has 0 unspecified atom stereocenters. The van der Waals surface area contributed by atoms with Gasteiger partial charge in [-0.2, -0.15) is 0 Å². The van der Waals surface area contributed by atoms with Crippen molar-refractivity contribution in [3.63, 3.8) is 0 Å². The molecule has 0 aliphatic heterocycles. The highest BCUT2D eigenvalue weighted by atomic mass is 32.1. The average Bonchev–Trinajstić information content (AvgIpc) is 2.39. The van der Waals surface area contributed by atoms with Gasteiger partial charge in [0.15, 0.2) is 0 Å². The van der Waals surface area contributed by atoms with E-state index in [2.05, 4.69) is 4.98 Å². The maximum Gasteiger partial charge on any atom is 0.252 e. The first-order valence-electron chi connectivity index (χ1n) is 5.40. The normalized spacial score (nSPS) is 9.89. The number of primary amides is 1. The Kier molecular flexibility index (Phi) is 3.72. The minimum absolute atomic E-state index is 0.212. The maximum atomic E-state index is 11.2. The number of benzene rings is 1. The average molecular weight is 273 g/mol. The van der Waals surface area contributed by atoms with Crippen molar-refractivity contribution in [2.75, 3.05) is 0 Å². The number of nitrogens with zero attached hydrogens (tertiary/aromatic N) is 1. The van der Waals surface area contributed by atoms with Crippen molar-refractivity contribution in [1.82, 2.24) is 4.98 Å². The summed E-state index contributed by atoms with van der Waals surface area (Å²) in [5.41, 5.74) is 11.5. The predicted molar refractivity (Wildman–Crippen MR) is 75.2 cm³/mol. The third-order valence-corrected chi connectivity index (χ3v) is 2.58. The zero-order valence-corrected chi connectivity index (χ0v) is 10.7. The number of hydrogen-bond donors (Lipinski definition) is 2. The van der Waals surface area contributed by atoms with Crippen molar-refractivity contribution in [3.05, 3.63) is 53.9 Å². The Labute approximate surface area is 115 Å². The van der Waals surface area contributed by atoms with E-state index in [-0.39, 0.29) is 4.99 Å². The predicted octanol–water partition coefficient (Wildman–Crippen LogP) is 1.61. The molecule has 0 bridgehead atoms. The second-order valence-electron chi connectivity index (χ2n) is 3.71. The molecule has 0 spiro atoms. The Morgan fingerprint density at radius 3 is 2.47 bits per heavy atom. The fourth-order valence-electron chi connectivity index (χ4n) is 1.47. The van der Waals surface area contributed by atoms with Crippen molar-refractivity contribution in [2.45, 2.75) is 0 Å². The van der Waals surface area contributed by atoms with Crippen LogP contribution in [0.4, 0.5) is 0 Å². The van der Waals surface area contributed by atoms with Gasteiger partial charge in [-0.1, -0.05) is 24.4 Å². The van der Waals surface area contributed by atoms with Crippen LogP contribution >= 0.6 is 12.2 Å². The quantitative estimate of drug-likeness (QED) is 0.826. The molecule has 6 heteroatoms. The van der Waals surface area contributed by atoms with Gasteiger partial charge in [-0.05, 0) is 24.3 Å². The molecular weight excluding hydrogens is 262 g/mol. The third-order valence-electron chi connectivity index (χ3n) is 2.37. The summed E-state index contributed by atoms with van der Waals surface area (Å²) in [4.78, 5) is 15.5. The van der Waals surface area contributed by atoms with Crippen LogP contribution < -0.4 is 16.2 Å². The van der Waals surface area contributed by atoms with Gasteiger partial charge in [0.1, 0.15) is 16.5 Å². The summed E-state index contributed by atoms with van der Waals surface area (Å²) in [6, 6.07) is 10.0. The number of para-hydroxylation sites is 1. The van der Waals surface area contributed by atoms with Crippen LogP contribution in [-0.2, 0) is 0 Å². The lowest BCUT2D eigenvalue weighted by Crippen LogP contribution is -2.12. The lowest BCUT2D eigenvalue weighted by atomic mass is 10.2. The van der Waals surface area contributed by atoms with Crippen molar-refractivity contribution >= 4 is 23.1 Å². The Balaban J connectivity index is 2.26. The molecule has 0 saturated heterocycles. The van der Waals surface area contributed by atoms with Crippen LogP contribution in [0.3, 0.4) is 0 Å². The number of amides is 1. The van der Waals surface area contributed by atoms with E-state index >= 15 is 0 Å². The molecule has 0 aliphatic carbocycles. The lowest BCUT2D eigenvalue weighted by Gasteiger charge is -2.08. The monoisotopic (exact) mass is 273 g/mol. The van der Waals surface area contributed by atoms with E-state index in [0.29, 0.717) is 22.8 Å². The summed E-state index contributed by atoms with van der Waals surface area (Å²) in [5.74, 6) is 0.289. The highest BCUT2D eigenvalue weighted by Crippen LogP contribution is 2.24. The molecule has 96 valence electrons. The van der Waals surface area contributed by atoms with Crippen LogP contribution in [0.25, 0.3) is 0 Å². The Bertz CT molecular complexity index is 626. The zero-order chi connectivity index (χ0) is 13.8. The number of aromatic nitrogens is 1. The smallest absolute Gasteiger partial charge is 0.252 e. The molecule has 5 nitrogen and oxygen atoms in total. The molecule has 1 aromatic heterocycles. The summed E-state index contributed by atoms with van der Waals surface area (Å²) >= 11 is 4.80. The molecular formula is C13H11N3O2S. The van der Waals surface area contributed by atoms with E-state index in [4.69, 9.17) is 28.4 Å². The lowest BCUT2D eigenvalue weighted by molar-refractivity contribution is 0.0998. The number of nitrogens with two attached hydrogens (primary N) is 2. The topological polar surface area (TPSA) is 91.2 Å². The third kappa shape index (κ3) is 3.05. The molecule has 0 atom stereocenters. The highest BCUT2D eigenvalue weighted by Gasteiger charge is 2.09. The minimum Gasteiger partial charge on any atom is -0.455 e. The molecule has 1 heterocycles. The molecule has 2 aromatic rings. The number of hydrogen-bond acceptors (Lipinski definition) is 4. The highest BCUT2D eigenvalue weighted by molar-refractivity contribution is 7.80. The summed E-state index contributed by atoms with van der Waals surface area (Å²) in [6.07, 6.45) is 1.48. The molecule has 0 radical (unpaired) electrons. The number of rotatable bonds is 4. The molecule has 0 saturated carbocycles. The molecule has 1 amide bonds. The molecule has 2 rings (SSSR count). The van der Waals surface area contributed by atoms with Gasteiger partial charge >= 0.3 is 0 Å². The second-order valence-corrected chi connectivity index (χ2v) is 4.15. The van der Waals surface area contributed by atoms with E-state index < -0.39 is 5.91 Å². The van der Waals surface area contributed by atoms with Gasteiger partial charge in [0.25, 0.3) is 5.91 Å². The molecule has 0 fully saturated rings. The standard InChI is InChI=1S/C13H11N3O2S/c14-12(17)9-3-1-2-4-11(9)18-8-5-6-10(13(15)19)16-7-8/h1-7H,(H2,14,17)(H2,15,19). The fraction of sp³-hybridized carbons (Fsp3) is 0. The fourth-order valence-corrected chi connectivity index (χ4v) is 1.59. The van der Waals surface area contributed by atoms with Gasteiger partial charge < -0.3 is 16.2 Å². The van der Waals surface area contributed by atoms with Crippen LogP contribution in [0.1, 0.15) is 16.1 Å². The number of ether oxygens (including phenoxy) is 1. The first-order valence-corrected chi connectivity index (χ1v) is 5.81. The summed E-state index contributed by atoms with van der Waals surface area (Å²) in [5, 5.41) is 0. The first-order chi connectivity index (χ1) is 9.08. The van der Waals surface area contributed by atoms with Gasteiger partial charge in [0, 0.05) is 0 Å². The van der Waals surface area contributed by atoms with Crippen molar-refractivity contribution in [1.29, 1.82) is 0 Å². The summed E-state index contributed by atoms with van der Waals surface area (Å²) in [7, 11) is 0. The summed E-state index contributed by atoms with van der Waals surface area (Å²) < 4.78 is 5.56. The first kappa shape index (κ1) is 13.0. The van der Waals surface area contributed by atoms with Crippen LogP contribution in [0.15, 0.2) is 42.6 Å².